The van der Waals surface area contributed by atoms with Gasteiger partial charge in [-0.15, -0.1) is 0 Å². The molecule has 0 aromatic carbocycles. The standard InChI is InChI=1S/C23H27BrN6O2/c1-16-14-28(11-12-29(16)22(31)32-23(2,3)4)18-5-6-20(26-13-18)30-15-19(24)21(27-30)17-7-9-25-10-8-17/h5-10,13,15-16H,11-12,14H2,1-4H3/t16-/m1/s1. The van der Waals surface area contributed by atoms with Gasteiger partial charge in [-0.2, -0.15) is 5.10 Å². The van der Waals surface area contributed by atoms with Crippen molar-refractivity contribution in [1.29, 1.82) is 0 Å². The van der Waals surface area contributed by atoms with Gasteiger partial charge in [0.1, 0.15) is 11.3 Å². The monoisotopic (exact) mass is 498 g/mol. The molecule has 0 saturated carbocycles. The van der Waals surface area contributed by atoms with E-state index < -0.39 is 5.60 Å². The van der Waals surface area contributed by atoms with Crippen LogP contribution in [-0.2, 0) is 4.74 Å². The first-order valence-electron chi connectivity index (χ1n) is 10.6. The van der Waals surface area contributed by atoms with Crippen LogP contribution < -0.4 is 4.90 Å². The van der Waals surface area contributed by atoms with Crippen molar-refractivity contribution in [1.82, 2.24) is 24.6 Å². The van der Waals surface area contributed by atoms with Crippen LogP contribution in [0.4, 0.5) is 10.5 Å². The van der Waals surface area contributed by atoms with Gasteiger partial charge in [0.2, 0.25) is 0 Å². The van der Waals surface area contributed by atoms with Gasteiger partial charge in [-0.05, 0) is 67.9 Å². The number of rotatable bonds is 3. The Kier molecular flexibility index (Phi) is 6.19. The highest BCUT2D eigenvalue weighted by atomic mass is 79.9. The van der Waals surface area contributed by atoms with Crippen molar-refractivity contribution < 1.29 is 9.53 Å². The Balaban J connectivity index is 1.44. The molecule has 3 aromatic heterocycles. The quantitative estimate of drug-likeness (QED) is 0.527. The number of nitrogens with zero attached hydrogens (tertiary/aromatic N) is 6. The molecule has 4 rings (SSSR count). The zero-order valence-electron chi connectivity index (χ0n) is 18.7. The first kappa shape index (κ1) is 22.3. The molecule has 168 valence electrons. The van der Waals surface area contributed by atoms with E-state index in [4.69, 9.17) is 4.74 Å². The van der Waals surface area contributed by atoms with Gasteiger partial charge >= 0.3 is 6.09 Å². The highest BCUT2D eigenvalue weighted by molar-refractivity contribution is 9.10. The molecule has 1 atom stereocenters. The van der Waals surface area contributed by atoms with Crippen molar-refractivity contribution in [3.8, 4) is 17.1 Å². The molecule has 0 unspecified atom stereocenters. The van der Waals surface area contributed by atoms with Crippen molar-refractivity contribution in [2.45, 2.75) is 39.3 Å². The second-order valence-electron chi connectivity index (χ2n) is 8.85. The number of halogens is 1. The zero-order valence-corrected chi connectivity index (χ0v) is 20.3. The molecular weight excluding hydrogens is 472 g/mol. The molecule has 1 aliphatic heterocycles. The molecule has 32 heavy (non-hydrogen) atoms. The highest BCUT2D eigenvalue weighted by Gasteiger charge is 2.31. The number of aromatic nitrogens is 4. The van der Waals surface area contributed by atoms with E-state index in [-0.39, 0.29) is 12.1 Å². The Labute approximate surface area is 196 Å². The fourth-order valence-electron chi connectivity index (χ4n) is 3.66. The van der Waals surface area contributed by atoms with E-state index in [1.807, 2.05) is 64.4 Å². The molecule has 0 N–H and O–H groups in total. The molecule has 0 spiro atoms. The normalized spacial score (nSPS) is 16.8. The van der Waals surface area contributed by atoms with Gasteiger partial charge in [-0.25, -0.2) is 14.5 Å². The fraction of sp³-hybridized carbons (Fsp3) is 0.391. The molecule has 1 fully saturated rings. The maximum atomic E-state index is 12.5. The number of carbonyl (C=O) groups excluding carboxylic acids is 1. The van der Waals surface area contributed by atoms with Crippen LogP contribution >= 0.6 is 15.9 Å². The van der Waals surface area contributed by atoms with Crippen molar-refractivity contribution in [2.75, 3.05) is 24.5 Å². The van der Waals surface area contributed by atoms with E-state index >= 15 is 0 Å². The van der Waals surface area contributed by atoms with Crippen molar-refractivity contribution in [3.05, 3.63) is 53.5 Å². The Morgan fingerprint density at radius 1 is 1.16 bits per heavy atom. The third-order valence-corrected chi connectivity index (χ3v) is 5.79. The Bertz CT molecular complexity index is 1080. The first-order chi connectivity index (χ1) is 15.2. The van der Waals surface area contributed by atoms with E-state index in [1.165, 1.54) is 0 Å². The zero-order chi connectivity index (χ0) is 22.9. The smallest absolute Gasteiger partial charge is 0.410 e. The van der Waals surface area contributed by atoms with E-state index in [1.54, 1.807) is 22.0 Å². The molecule has 1 saturated heterocycles. The minimum absolute atomic E-state index is 0.0447. The number of anilines is 1. The molecule has 1 amide bonds. The fourth-order valence-corrected chi connectivity index (χ4v) is 4.16. The number of pyridine rings is 2. The lowest BCUT2D eigenvalue weighted by Gasteiger charge is -2.41. The van der Waals surface area contributed by atoms with Crippen LogP contribution in [0.1, 0.15) is 27.7 Å². The number of piperazine rings is 1. The van der Waals surface area contributed by atoms with Crippen LogP contribution in [0.25, 0.3) is 17.1 Å². The number of amides is 1. The Morgan fingerprint density at radius 2 is 1.91 bits per heavy atom. The van der Waals surface area contributed by atoms with Gasteiger partial charge in [0, 0.05) is 49.8 Å². The highest BCUT2D eigenvalue weighted by Crippen LogP contribution is 2.28. The predicted octanol–water partition coefficient (Wildman–Crippen LogP) is 4.54. The van der Waals surface area contributed by atoms with Gasteiger partial charge in [-0.3, -0.25) is 4.98 Å². The van der Waals surface area contributed by atoms with Crippen LogP contribution in [0.3, 0.4) is 0 Å². The molecular formula is C23H27BrN6O2. The van der Waals surface area contributed by atoms with E-state index in [0.717, 1.165) is 40.3 Å². The summed E-state index contributed by atoms with van der Waals surface area (Å²) >= 11 is 3.59. The topological polar surface area (TPSA) is 76.4 Å². The van der Waals surface area contributed by atoms with Crippen molar-refractivity contribution in [2.24, 2.45) is 0 Å². The second kappa shape index (κ2) is 8.90. The molecule has 0 aliphatic carbocycles. The molecule has 1 aliphatic rings. The summed E-state index contributed by atoms with van der Waals surface area (Å²) in [6.45, 7) is 9.76. The van der Waals surface area contributed by atoms with Gasteiger partial charge in [0.05, 0.1) is 16.4 Å². The Morgan fingerprint density at radius 3 is 2.53 bits per heavy atom. The average molecular weight is 499 g/mol. The van der Waals surface area contributed by atoms with Crippen molar-refractivity contribution in [3.63, 3.8) is 0 Å². The third-order valence-electron chi connectivity index (χ3n) is 5.21. The average Bonchev–Trinajstić information content (AvgIpc) is 3.15. The van der Waals surface area contributed by atoms with Gasteiger partial charge in [-0.1, -0.05) is 0 Å². The van der Waals surface area contributed by atoms with Crippen LogP contribution in [0.2, 0.25) is 0 Å². The summed E-state index contributed by atoms with van der Waals surface area (Å²) in [6, 6.07) is 7.89. The molecule has 0 bridgehead atoms. The number of hydrogen-bond acceptors (Lipinski definition) is 6. The van der Waals surface area contributed by atoms with E-state index in [9.17, 15) is 4.79 Å². The summed E-state index contributed by atoms with van der Waals surface area (Å²) in [7, 11) is 0. The predicted molar refractivity (Wildman–Crippen MR) is 127 cm³/mol. The second-order valence-corrected chi connectivity index (χ2v) is 9.70. The van der Waals surface area contributed by atoms with Gasteiger partial charge in [0.15, 0.2) is 5.82 Å². The lowest BCUT2D eigenvalue weighted by Crippen LogP contribution is -2.55. The first-order valence-corrected chi connectivity index (χ1v) is 11.4. The summed E-state index contributed by atoms with van der Waals surface area (Å²) in [4.78, 5) is 25.2. The Hall–Kier alpha value is -2.94. The molecule has 3 aromatic rings. The number of ether oxygens (including phenoxy) is 1. The SMILES string of the molecule is C[C@@H]1CN(c2ccc(-n3cc(Br)c(-c4ccncc4)n3)nc2)CCN1C(=O)OC(C)(C)C. The maximum absolute atomic E-state index is 12.5. The van der Waals surface area contributed by atoms with E-state index in [0.29, 0.717) is 6.54 Å². The molecule has 9 heteroatoms. The molecule has 8 nitrogen and oxygen atoms in total. The van der Waals surface area contributed by atoms with Crippen LogP contribution in [0.5, 0.6) is 0 Å². The number of carbonyl (C=O) groups is 1. The van der Waals surface area contributed by atoms with E-state index in [2.05, 4.69) is 35.9 Å². The van der Waals surface area contributed by atoms with Gasteiger partial charge < -0.3 is 14.5 Å². The minimum Gasteiger partial charge on any atom is -0.444 e. The summed E-state index contributed by atoms with van der Waals surface area (Å²) in [5.74, 6) is 0.732. The lowest BCUT2D eigenvalue weighted by atomic mass is 10.1. The van der Waals surface area contributed by atoms with Crippen molar-refractivity contribution >= 4 is 27.7 Å². The summed E-state index contributed by atoms with van der Waals surface area (Å²) in [5.41, 5.74) is 2.35. The number of hydrogen-bond donors (Lipinski definition) is 0. The minimum atomic E-state index is -0.494. The van der Waals surface area contributed by atoms with Gasteiger partial charge in [0.25, 0.3) is 0 Å². The largest absolute Gasteiger partial charge is 0.444 e. The van der Waals surface area contributed by atoms with Crippen LogP contribution in [0, 0.1) is 0 Å². The summed E-state index contributed by atoms with van der Waals surface area (Å²) in [6.07, 6.45) is 6.99. The lowest BCUT2D eigenvalue weighted by molar-refractivity contribution is 0.0159. The summed E-state index contributed by atoms with van der Waals surface area (Å²) < 4.78 is 8.18. The van der Waals surface area contributed by atoms with Crippen LogP contribution in [0.15, 0.2) is 53.5 Å². The summed E-state index contributed by atoms with van der Waals surface area (Å²) in [5, 5.41) is 4.67. The molecule has 0 radical (unpaired) electrons. The third kappa shape index (κ3) is 4.93. The maximum Gasteiger partial charge on any atom is 0.410 e. The van der Waals surface area contributed by atoms with Crippen LogP contribution in [-0.4, -0.2) is 62.0 Å². The molecule has 4 heterocycles.